The Morgan fingerprint density at radius 2 is 1.74 bits per heavy atom. The van der Waals surface area contributed by atoms with Crippen LogP contribution in [0.3, 0.4) is 0 Å². The number of aliphatic imine (C=N–C) groups is 1. The molecule has 8 heteroatoms. The van der Waals surface area contributed by atoms with Crippen LogP contribution in [-0.2, 0) is 10.0 Å². The maximum Gasteiger partial charge on any atom is 0.262 e. The number of sulfonamides is 1. The molecule has 0 atom stereocenters. The lowest BCUT2D eigenvalue weighted by Crippen LogP contribution is -2.25. The highest BCUT2D eigenvalue weighted by atomic mass is 32.2. The predicted molar refractivity (Wildman–Crippen MR) is 97.0 cm³/mol. The first-order valence-corrected chi connectivity index (χ1v) is 10.2. The summed E-state index contributed by atoms with van der Waals surface area (Å²) in [7, 11) is -4.19. The van der Waals surface area contributed by atoms with E-state index in [1.54, 1.807) is 12.1 Å². The number of rotatable bonds is 5. The fourth-order valence-corrected chi connectivity index (χ4v) is 4.14. The van der Waals surface area contributed by atoms with Crippen LogP contribution < -0.4 is 9.83 Å². The second-order valence-corrected chi connectivity index (χ2v) is 8.14. The van der Waals surface area contributed by atoms with Crippen molar-refractivity contribution in [2.24, 2.45) is 4.99 Å². The summed E-state index contributed by atoms with van der Waals surface area (Å²) in [4.78, 5) is 3.77. The fraction of sp³-hybridized carbons (Fsp3) is 0.316. The number of nitrogens with zero attached hydrogens (tertiary/aromatic N) is 1. The number of nitrogens with one attached hydrogen (secondary N) is 1. The molecule has 0 saturated heterocycles. The van der Waals surface area contributed by atoms with Gasteiger partial charge in [-0.05, 0) is 43.0 Å². The van der Waals surface area contributed by atoms with E-state index in [2.05, 4.69) is 9.71 Å². The highest BCUT2D eigenvalue weighted by Crippen LogP contribution is 2.24. The largest absolute Gasteiger partial charge is 0.858 e. The third kappa shape index (κ3) is 4.63. The summed E-state index contributed by atoms with van der Waals surface area (Å²) in [5.41, 5.74) is 0.168. The van der Waals surface area contributed by atoms with Crippen molar-refractivity contribution in [3.63, 3.8) is 0 Å². The predicted octanol–water partition coefficient (Wildman–Crippen LogP) is 3.21. The summed E-state index contributed by atoms with van der Waals surface area (Å²) in [6, 6.07) is 8.33. The van der Waals surface area contributed by atoms with E-state index < -0.39 is 32.5 Å². The average molecular weight is 393 g/mol. The molecule has 144 valence electrons. The van der Waals surface area contributed by atoms with Crippen LogP contribution in [0, 0.1) is 11.6 Å². The number of hydrogen-bond acceptors (Lipinski definition) is 4. The van der Waals surface area contributed by atoms with Crippen molar-refractivity contribution in [2.75, 3.05) is 4.72 Å². The number of benzene rings is 2. The third-order valence-corrected chi connectivity index (χ3v) is 5.84. The fourth-order valence-electron chi connectivity index (χ4n) is 3.05. The van der Waals surface area contributed by atoms with Gasteiger partial charge in [0.05, 0.1) is 10.6 Å². The summed E-state index contributed by atoms with van der Waals surface area (Å²) in [6.07, 6.45) is 4.85. The Bertz CT molecular complexity index is 955. The molecule has 5 nitrogen and oxygen atoms in total. The van der Waals surface area contributed by atoms with E-state index in [9.17, 15) is 22.3 Å². The van der Waals surface area contributed by atoms with Crippen LogP contribution >= 0.6 is 0 Å². The van der Waals surface area contributed by atoms with Crippen LogP contribution in [0.25, 0.3) is 0 Å². The molecule has 27 heavy (non-hydrogen) atoms. The molecule has 0 radical (unpaired) electrons. The van der Waals surface area contributed by atoms with Gasteiger partial charge in [0, 0.05) is 11.6 Å². The van der Waals surface area contributed by atoms with E-state index in [-0.39, 0.29) is 17.3 Å². The van der Waals surface area contributed by atoms with Gasteiger partial charge in [-0.3, -0.25) is 9.71 Å². The molecule has 1 saturated carbocycles. The highest BCUT2D eigenvalue weighted by Gasteiger charge is 2.18. The summed E-state index contributed by atoms with van der Waals surface area (Å²) in [5, 5.41) is 12.5. The summed E-state index contributed by atoms with van der Waals surface area (Å²) in [5.74, 6) is -2.91. The third-order valence-electron chi connectivity index (χ3n) is 4.48. The van der Waals surface area contributed by atoms with Crippen LogP contribution in [0.1, 0.15) is 37.7 Å². The molecule has 0 unspecified atom stereocenters. The van der Waals surface area contributed by atoms with Crippen LogP contribution in [0.15, 0.2) is 52.4 Å². The van der Waals surface area contributed by atoms with Gasteiger partial charge in [0.2, 0.25) is 0 Å². The molecule has 0 aliphatic heterocycles. The van der Waals surface area contributed by atoms with Gasteiger partial charge in [-0.1, -0.05) is 37.5 Å². The molecule has 1 aliphatic carbocycles. The van der Waals surface area contributed by atoms with Crippen molar-refractivity contribution >= 4 is 21.6 Å². The summed E-state index contributed by atoms with van der Waals surface area (Å²) >= 11 is 0. The zero-order chi connectivity index (χ0) is 19.4. The number of anilines is 1. The maximum atomic E-state index is 13.4. The molecule has 1 N–H and O–H groups in total. The minimum atomic E-state index is -4.19. The van der Waals surface area contributed by atoms with Gasteiger partial charge < -0.3 is 5.11 Å². The van der Waals surface area contributed by atoms with Gasteiger partial charge in [-0.2, -0.15) is 0 Å². The van der Waals surface area contributed by atoms with E-state index in [1.165, 1.54) is 12.1 Å². The second kappa shape index (κ2) is 8.04. The molecule has 0 bridgehead atoms. The maximum absolute atomic E-state index is 13.4. The van der Waals surface area contributed by atoms with E-state index in [1.807, 2.05) is 0 Å². The Labute approximate surface area is 156 Å². The zero-order valence-corrected chi connectivity index (χ0v) is 15.3. The molecule has 0 heterocycles. The second-order valence-electron chi connectivity index (χ2n) is 6.45. The highest BCUT2D eigenvalue weighted by molar-refractivity contribution is 7.92. The molecule has 1 aliphatic rings. The van der Waals surface area contributed by atoms with Gasteiger partial charge >= 0.3 is 0 Å². The summed E-state index contributed by atoms with van der Waals surface area (Å²) < 4.78 is 53.7. The number of halogens is 2. The van der Waals surface area contributed by atoms with E-state index in [4.69, 9.17) is 0 Å². The molecule has 2 aromatic carbocycles. The van der Waals surface area contributed by atoms with Crippen LogP contribution in [-0.4, -0.2) is 20.4 Å². The minimum absolute atomic E-state index is 0.0480. The van der Waals surface area contributed by atoms with Gasteiger partial charge in [0.15, 0.2) is 11.6 Å². The lowest BCUT2D eigenvalue weighted by Gasteiger charge is -2.23. The van der Waals surface area contributed by atoms with Crippen molar-refractivity contribution in [2.45, 2.75) is 43.0 Å². The quantitative estimate of drug-likeness (QED) is 0.626. The number of para-hydroxylation sites is 1. The first-order chi connectivity index (χ1) is 12.9. The lowest BCUT2D eigenvalue weighted by atomic mass is 9.96. The Balaban J connectivity index is 1.89. The number of hydrogen-bond donors (Lipinski definition) is 1. The van der Waals surface area contributed by atoms with Gasteiger partial charge in [-0.15, -0.1) is 0 Å². The van der Waals surface area contributed by atoms with Crippen molar-refractivity contribution < 1.29 is 22.3 Å². The Morgan fingerprint density at radius 1 is 1.04 bits per heavy atom. The van der Waals surface area contributed by atoms with Gasteiger partial charge in [0.1, 0.15) is 0 Å². The first kappa shape index (κ1) is 19.3. The van der Waals surface area contributed by atoms with Crippen molar-refractivity contribution in [3.05, 3.63) is 59.7 Å². The molecule has 0 aromatic heterocycles. The van der Waals surface area contributed by atoms with Crippen LogP contribution in [0.4, 0.5) is 14.5 Å². The van der Waals surface area contributed by atoms with Crippen molar-refractivity contribution in [1.82, 2.24) is 0 Å². The Kier molecular flexibility index (Phi) is 5.74. The molecular formula is C19H19F2N2O3S-. The van der Waals surface area contributed by atoms with Crippen LogP contribution in [0.2, 0.25) is 0 Å². The normalized spacial score (nSPS) is 16.3. The summed E-state index contributed by atoms with van der Waals surface area (Å²) in [6.45, 7) is 0. The standard InChI is InChI=1S/C19H20F2N2O3S/c20-16-11-10-14(12-17(16)21)27(25,26)23-18-9-5-4-8-15(18)19(24)22-13-6-2-1-3-7-13/h4-5,8-13,23H,1-3,6-7H2,(H,22,24)/p-1. The van der Waals surface area contributed by atoms with Crippen molar-refractivity contribution in [3.8, 4) is 0 Å². The molecule has 0 spiro atoms. The van der Waals surface area contributed by atoms with E-state index in [0.717, 1.165) is 44.2 Å². The van der Waals surface area contributed by atoms with Gasteiger partial charge in [-0.25, -0.2) is 17.2 Å². The molecule has 3 rings (SSSR count). The zero-order valence-electron chi connectivity index (χ0n) is 14.5. The first-order valence-electron chi connectivity index (χ1n) is 8.69. The Morgan fingerprint density at radius 3 is 2.44 bits per heavy atom. The molecule has 2 aromatic rings. The SMILES string of the molecule is O=S(=O)(Nc1ccccc1C([O-])=NC1CCCCC1)c1ccc(F)c(F)c1. The molecule has 0 amide bonds. The average Bonchev–Trinajstić information content (AvgIpc) is 2.65. The lowest BCUT2D eigenvalue weighted by molar-refractivity contribution is -0.213. The van der Waals surface area contributed by atoms with Crippen LogP contribution in [0.5, 0.6) is 0 Å². The van der Waals surface area contributed by atoms with E-state index in [0.29, 0.717) is 6.07 Å². The minimum Gasteiger partial charge on any atom is -0.858 e. The van der Waals surface area contributed by atoms with Crippen molar-refractivity contribution in [1.29, 1.82) is 0 Å². The topological polar surface area (TPSA) is 81.6 Å². The van der Waals surface area contributed by atoms with E-state index >= 15 is 0 Å². The van der Waals surface area contributed by atoms with Gasteiger partial charge in [0.25, 0.3) is 10.0 Å². The smallest absolute Gasteiger partial charge is 0.262 e. The monoisotopic (exact) mass is 393 g/mol. The molecule has 1 fully saturated rings. The molecular weight excluding hydrogens is 374 g/mol. The Hall–Kier alpha value is -2.48.